The summed E-state index contributed by atoms with van der Waals surface area (Å²) in [6, 6.07) is 4.00. The molecule has 6 nitrogen and oxygen atoms in total. The van der Waals surface area contributed by atoms with E-state index in [1.54, 1.807) is 0 Å². The molecule has 0 spiro atoms. The van der Waals surface area contributed by atoms with E-state index in [0.717, 1.165) is 24.1 Å². The van der Waals surface area contributed by atoms with E-state index in [2.05, 4.69) is 68.6 Å². The lowest BCUT2D eigenvalue weighted by Gasteiger charge is -2.31. The van der Waals surface area contributed by atoms with E-state index in [4.69, 9.17) is 5.73 Å². The van der Waals surface area contributed by atoms with Crippen molar-refractivity contribution in [1.82, 2.24) is 20.2 Å². The molecule has 0 amide bonds. The van der Waals surface area contributed by atoms with Crippen LogP contribution in [0, 0.1) is 0 Å². The quantitative estimate of drug-likeness (QED) is 0.735. The van der Waals surface area contributed by atoms with Crippen molar-refractivity contribution in [3.05, 3.63) is 45.3 Å². The molecule has 0 fully saturated rings. The number of anilines is 1. The summed E-state index contributed by atoms with van der Waals surface area (Å²) in [5.74, 6) is 1.08. The zero-order valence-corrected chi connectivity index (χ0v) is 20.4. The second kappa shape index (κ2) is 7.78. The SMILES string of the molecule is CC(C)(C)c1ccc(C(C)(C)CCC(C)(C)c2nnc(C(C)(C)C)c(N)n2)c(=O)[nH]1. The highest BCUT2D eigenvalue weighted by atomic mass is 16.1. The second-order valence-electron chi connectivity index (χ2n) is 11.8. The zero-order chi connectivity index (χ0) is 23.1. The number of nitrogens with two attached hydrogens (primary N) is 1. The lowest BCUT2D eigenvalue weighted by Crippen LogP contribution is -2.32. The van der Waals surface area contributed by atoms with E-state index in [1.165, 1.54) is 0 Å². The van der Waals surface area contributed by atoms with Crippen LogP contribution in [0.25, 0.3) is 0 Å². The summed E-state index contributed by atoms with van der Waals surface area (Å²) in [6.07, 6.45) is 1.61. The fraction of sp³-hybridized carbons (Fsp3) is 0.667. The molecule has 0 aliphatic rings. The molecular formula is C24H39N5O. The number of nitrogens with zero attached hydrogens (tertiary/aromatic N) is 3. The molecule has 0 bridgehead atoms. The minimum Gasteiger partial charge on any atom is -0.382 e. The van der Waals surface area contributed by atoms with Crippen LogP contribution in [0.15, 0.2) is 16.9 Å². The number of H-pyrrole nitrogens is 1. The van der Waals surface area contributed by atoms with Crippen LogP contribution in [-0.2, 0) is 21.7 Å². The third-order valence-electron chi connectivity index (χ3n) is 5.85. The summed E-state index contributed by atoms with van der Waals surface area (Å²) in [5, 5.41) is 8.77. The molecule has 0 radical (unpaired) electrons. The van der Waals surface area contributed by atoms with Crippen LogP contribution in [0.5, 0.6) is 0 Å². The van der Waals surface area contributed by atoms with Crippen LogP contribution in [0.2, 0.25) is 0 Å². The van der Waals surface area contributed by atoms with Crippen molar-refractivity contribution in [2.24, 2.45) is 0 Å². The summed E-state index contributed by atoms with van der Waals surface area (Å²) in [4.78, 5) is 20.4. The maximum Gasteiger partial charge on any atom is 0.251 e. The van der Waals surface area contributed by atoms with Gasteiger partial charge in [-0.1, -0.05) is 75.3 Å². The van der Waals surface area contributed by atoms with Gasteiger partial charge in [0.25, 0.3) is 5.56 Å². The van der Waals surface area contributed by atoms with Crippen LogP contribution >= 0.6 is 0 Å². The Morgan fingerprint density at radius 1 is 0.833 bits per heavy atom. The Morgan fingerprint density at radius 3 is 1.87 bits per heavy atom. The Bertz CT molecular complexity index is 959. The van der Waals surface area contributed by atoms with Crippen molar-refractivity contribution in [1.29, 1.82) is 0 Å². The molecule has 0 atom stereocenters. The summed E-state index contributed by atoms with van der Waals surface area (Å²) in [7, 11) is 0. The highest BCUT2D eigenvalue weighted by Gasteiger charge is 2.32. The van der Waals surface area contributed by atoms with Crippen LogP contribution in [-0.4, -0.2) is 20.2 Å². The molecule has 166 valence electrons. The van der Waals surface area contributed by atoms with Crippen LogP contribution in [0.3, 0.4) is 0 Å². The van der Waals surface area contributed by atoms with Crippen molar-refractivity contribution < 1.29 is 0 Å². The van der Waals surface area contributed by atoms with Crippen molar-refractivity contribution >= 4 is 5.82 Å². The Hall–Kier alpha value is -2.24. The molecule has 2 heterocycles. The van der Waals surface area contributed by atoms with Gasteiger partial charge in [-0.25, -0.2) is 4.98 Å². The highest BCUT2D eigenvalue weighted by Crippen LogP contribution is 2.35. The van der Waals surface area contributed by atoms with Gasteiger partial charge >= 0.3 is 0 Å². The van der Waals surface area contributed by atoms with Crippen LogP contribution in [0.4, 0.5) is 5.82 Å². The smallest absolute Gasteiger partial charge is 0.251 e. The van der Waals surface area contributed by atoms with Crippen molar-refractivity contribution in [2.75, 3.05) is 5.73 Å². The third kappa shape index (κ3) is 5.27. The Labute approximate surface area is 181 Å². The molecule has 0 aromatic carbocycles. The normalized spacial score (nSPS) is 13.5. The van der Waals surface area contributed by atoms with E-state index in [9.17, 15) is 4.79 Å². The van der Waals surface area contributed by atoms with Crippen molar-refractivity contribution in [3.8, 4) is 0 Å². The molecule has 0 saturated heterocycles. The number of hydrogen-bond donors (Lipinski definition) is 2. The van der Waals surface area contributed by atoms with Crippen LogP contribution in [0.1, 0.15) is 105 Å². The minimum atomic E-state index is -0.313. The largest absolute Gasteiger partial charge is 0.382 e. The fourth-order valence-corrected chi connectivity index (χ4v) is 3.47. The zero-order valence-electron chi connectivity index (χ0n) is 20.4. The molecule has 30 heavy (non-hydrogen) atoms. The van der Waals surface area contributed by atoms with Gasteiger partial charge in [0.15, 0.2) is 5.82 Å². The Balaban J connectivity index is 2.24. The molecule has 0 aliphatic heterocycles. The van der Waals surface area contributed by atoms with E-state index >= 15 is 0 Å². The molecule has 0 aliphatic carbocycles. The topological polar surface area (TPSA) is 97.5 Å². The molecule has 2 rings (SSSR count). The van der Waals surface area contributed by atoms with Gasteiger partial charge in [-0.15, -0.1) is 10.2 Å². The third-order valence-corrected chi connectivity index (χ3v) is 5.85. The maximum atomic E-state index is 12.8. The van der Waals surface area contributed by atoms with Gasteiger partial charge in [0.1, 0.15) is 11.5 Å². The van der Waals surface area contributed by atoms with E-state index in [1.807, 2.05) is 32.9 Å². The van der Waals surface area contributed by atoms with Gasteiger partial charge in [0.05, 0.1) is 0 Å². The monoisotopic (exact) mass is 413 g/mol. The number of aromatic nitrogens is 4. The number of nitrogens with one attached hydrogen (secondary N) is 1. The first kappa shape index (κ1) is 24.0. The molecule has 0 saturated carbocycles. The van der Waals surface area contributed by atoms with Gasteiger partial charge in [-0.2, -0.15) is 0 Å². The number of nitrogen functional groups attached to an aromatic ring is 1. The first-order valence-corrected chi connectivity index (χ1v) is 10.7. The van der Waals surface area contributed by atoms with Gasteiger partial charge in [-0.05, 0) is 24.3 Å². The van der Waals surface area contributed by atoms with E-state index in [-0.39, 0.29) is 27.2 Å². The maximum absolute atomic E-state index is 12.8. The van der Waals surface area contributed by atoms with Gasteiger partial charge in [0, 0.05) is 27.5 Å². The fourth-order valence-electron chi connectivity index (χ4n) is 3.47. The molecule has 2 aromatic rings. The highest BCUT2D eigenvalue weighted by molar-refractivity contribution is 5.38. The number of aromatic amines is 1. The summed E-state index contributed by atoms with van der Waals surface area (Å²) >= 11 is 0. The number of hydrogen-bond acceptors (Lipinski definition) is 5. The average Bonchev–Trinajstić information content (AvgIpc) is 2.58. The van der Waals surface area contributed by atoms with E-state index < -0.39 is 0 Å². The lowest BCUT2D eigenvalue weighted by molar-refractivity contribution is 0.356. The first-order valence-electron chi connectivity index (χ1n) is 10.7. The summed E-state index contributed by atoms with van der Waals surface area (Å²) < 4.78 is 0. The predicted molar refractivity (Wildman–Crippen MR) is 124 cm³/mol. The number of pyridine rings is 1. The Kier molecular flexibility index (Phi) is 6.24. The molecular weight excluding hydrogens is 374 g/mol. The second-order valence-corrected chi connectivity index (χ2v) is 11.8. The lowest BCUT2D eigenvalue weighted by atomic mass is 9.75. The van der Waals surface area contributed by atoms with Gasteiger partial charge in [0.2, 0.25) is 0 Å². The molecule has 2 aromatic heterocycles. The molecule has 0 unspecified atom stereocenters. The van der Waals surface area contributed by atoms with Crippen LogP contribution < -0.4 is 11.3 Å². The van der Waals surface area contributed by atoms with E-state index in [0.29, 0.717) is 17.3 Å². The standard InChI is InChI=1S/C24H39N5O/c1-21(2,3)16-12-11-15(19(30)26-16)23(7,8)13-14-24(9,10)20-27-18(25)17(28-29-20)22(4,5)6/h11-12H,13-14H2,1-10H3,(H,26,30)(H2,25,27,29). The Morgan fingerprint density at radius 2 is 1.40 bits per heavy atom. The number of rotatable bonds is 5. The molecule has 6 heteroatoms. The van der Waals surface area contributed by atoms with Crippen molar-refractivity contribution in [2.45, 2.75) is 104 Å². The first-order chi connectivity index (χ1) is 13.4. The average molecular weight is 414 g/mol. The summed E-state index contributed by atoms with van der Waals surface area (Å²) in [5.41, 5.74) is 7.75. The predicted octanol–water partition coefficient (Wildman–Crippen LogP) is 4.77. The van der Waals surface area contributed by atoms with Crippen molar-refractivity contribution in [3.63, 3.8) is 0 Å². The molecule has 3 N–H and O–H groups in total. The minimum absolute atomic E-state index is 0.0121. The summed E-state index contributed by atoms with van der Waals surface area (Å²) in [6.45, 7) is 20.8. The van der Waals surface area contributed by atoms with Gasteiger partial charge in [-0.3, -0.25) is 4.79 Å². The van der Waals surface area contributed by atoms with Gasteiger partial charge < -0.3 is 10.7 Å².